The zero-order valence-corrected chi connectivity index (χ0v) is 13.2. The Hall–Kier alpha value is -1.50. The van der Waals surface area contributed by atoms with E-state index in [0.717, 1.165) is 12.5 Å². The molecule has 2 fully saturated rings. The maximum absolute atomic E-state index is 3.80. The molecular weight excluding hydrogens is 254 g/mol. The summed E-state index contributed by atoms with van der Waals surface area (Å²) >= 11 is 0. The summed E-state index contributed by atoms with van der Waals surface area (Å²) in [4.78, 5) is 0. The summed E-state index contributed by atoms with van der Waals surface area (Å²) in [6, 6.07) is 15.3. The van der Waals surface area contributed by atoms with Crippen LogP contribution in [0, 0.1) is 16.7 Å². The van der Waals surface area contributed by atoms with E-state index in [1.807, 2.05) is 0 Å². The molecule has 0 amide bonds. The zero-order valence-electron chi connectivity index (χ0n) is 13.2. The van der Waals surface area contributed by atoms with Crippen LogP contribution in [0.1, 0.15) is 39.5 Å². The molecule has 2 bridgehead atoms. The van der Waals surface area contributed by atoms with Gasteiger partial charge in [0.05, 0.1) is 0 Å². The van der Waals surface area contributed by atoms with Crippen molar-refractivity contribution < 1.29 is 0 Å². The topological polar surface area (TPSA) is 12.0 Å². The molecule has 2 aromatic rings. The monoisotopic (exact) mass is 279 g/mol. The summed E-state index contributed by atoms with van der Waals surface area (Å²) in [6.07, 6.45) is 5.71. The van der Waals surface area contributed by atoms with Crippen LogP contribution in [-0.4, -0.2) is 6.54 Å². The second-order valence-electron chi connectivity index (χ2n) is 7.63. The van der Waals surface area contributed by atoms with E-state index >= 15 is 0 Å². The number of rotatable bonds is 3. The zero-order chi connectivity index (χ0) is 14.5. The van der Waals surface area contributed by atoms with Crippen molar-refractivity contribution in [1.82, 2.24) is 0 Å². The van der Waals surface area contributed by atoms with Crippen LogP contribution in [0.4, 0.5) is 5.69 Å². The molecule has 0 aromatic heterocycles. The Balaban J connectivity index is 1.62. The van der Waals surface area contributed by atoms with Gasteiger partial charge in [-0.25, -0.2) is 0 Å². The van der Waals surface area contributed by atoms with E-state index in [0.29, 0.717) is 10.8 Å². The SMILES string of the molecule is CC12CCC(CC1)C2(C)CNc1cccc2ccccc12. The van der Waals surface area contributed by atoms with E-state index in [9.17, 15) is 0 Å². The maximum atomic E-state index is 3.80. The fraction of sp³-hybridized carbons (Fsp3) is 0.500. The van der Waals surface area contributed by atoms with Crippen LogP contribution in [-0.2, 0) is 0 Å². The molecule has 110 valence electrons. The van der Waals surface area contributed by atoms with Crippen molar-refractivity contribution in [3.8, 4) is 0 Å². The van der Waals surface area contributed by atoms with Crippen LogP contribution in [0.3, 0.4) is 0 Å². The molecule has 21 heavy (non-hydrogen) atoms. The van der Waals surface area contributed by atoms with Crippen LogP contribution in [0.2, 0.25) is 0 Å². The fourth-order valence-electron chi connectivity index (χ4n) is 4.97. The predicted molar refractivity (Wildman–Crippen MR) is 90.6 cm³/mol. The second-order valence-corrected chi connectivity index (χ2v) is 7.63. The molecule has 4 rings (SSSR count). The highest BCUT2D eigenvalue weighted by Crippen LogP contribution is 2.65. The first-order valence-corrected chi connectivity index (χ1v) is 8.34. The van der Waals surface area contributed by atoms with Crippen molar-refractivity contribution in [3.05, 3.63) is 42.5 Å². The van der Waals surface area contributed by atoms with Crippen LogP contribution in [0.15, 0.2) is 42.5 Å². The van der Waals surface area contributed by atoms with Gasteiger partial charge in [-0.05, 0) is 53.9 Å². The molecule has 0 saturated heterocycles. The van der Waals surface area contributed by atoms with Crippen LogP contribution >= 0.6 is 0 Å². The van der Waals surface area contributed by atoms with E-state index in [1.165, 1.54) is 42.1 Å². The van der Waals surface area contributed by atoms with E-state index in [-0.39, 0.29) is 0 Å². The Labute approximate surface area is 127 Å². The van der Waals surface area contributed by atoms with E-state index in [4.69, 9.17) is 0 Å². The quantitative estimate of drug-likeness (QED) is 0.785. The Kier molecular flexibility index (Phi) is 2.82. The lowest BCUT2D eigenvalue weighted by molar-refractivity contribution is 0.143. The molecule has 1 nitrogen and oxygen atoms in total. The Morgan fingerprint density at radius 2 is 1.71 bits per heavy atom. The molecular formula is C20H25N. The minimum absolute atomic E-state index is 0.462. The molecule has 0 spiro atoms. The minimum Gasteiger partial charge on any atom is -0.384 e. The average molecular weight is 279 g/mol. The van der Waals surface area contributed by atoms with Crippen molar-refractivity contribution in [2.45, 2.75) is 39.5 Å². The summed E-state index contributed by atoms with van der Waals surface area (Å²) in [7, 11) is 0. The van der Waals surface area contributed by atoms with Gasteiger partial charge >= 0.3 is 0 Å². The molecule has 0 heterocycles. The molecule has 1 heteroatoms. The lowest BCUT2D eigenvalue weighted by Gasteiger charge is -2.38. The fourth-order valence-corrected chi connectivity index (χ4v) is 4.97. The number of hydrogen-bond acceptors (Lipinski definition) is 1. The smallest absolute Gasteiger partial charge is 0.0420 e. The first kappa shape index (κ1) is 13.2. The van der Waals surface area contributed by atoms with Crippen molar-refractivity contribution in [2.24, 2.45) is 16.7 Å². The maximum Gasteiger partial charge on any atom is 0.0420 e. The molecule has 1 unspecified atom stereocenters. The third kappa shape index (κ3) is 1.83. The van der Waals surface area contributed by atoms with E-state index in [1.54, 1.807) is 0 Å². The number of nitrogens with one attached hydrogen (secondary N) is 1. The minimum atomic E-state index is 0.462. The lowest BCUT2D eigenvalue weighted by Crippen LogP contribution is -2.37. The Morgan fingerprint density at radius 3 is 2.43 bits per heavy atom. The number of anilines is 1. The lowest BCUT2D eigenvalue weighted by atomic mass is 9.69. The molecule has 1 N–H and O–H groups in total. The van der Waals surface area contributed by atoms with Gasteiger partial charge in [-0.15, -0.1) is 0 Å². The van der Waals surface area contributed by atoms with Crippen molar-refractivity contribution in [1.29, 1.82) is 0 Å². The third-order valence-electron chi connectivity index (χ3n) is 6.80. The van der Waals surface area contributed by atoms with Crippen LogP contribution in [0.5, 0.6) is 0 Å². The first-order chi connectivity index (χ1) is 10.1. The number of fused-ring (bicyclic) bond motifs is 3. The summed E-state index contributed by atoms with van der Waals surface area (Å²) in [5.74, 6) is 0.921. The highest BCUT2D eigenvalue weighted by atomic mass is 14.9. The first-order valence-electron chi connectivity index (χ1n) is 8.34. The van der Waals surface area contributed by atoms with Crippen molar-refractivity contribution >= 4 is 16.5 Å². The molecule has 0 radical (unpaired) electrons. The van der Waals surface area contributed by atoms with Gasteiger partial charge in [0.2, 0.25) is 0 Å². The van der Waals surface area contributed by atoms with Gasteiger partial charge in [0.25, 0.3) is 0 Å². The van der Waals surface area contributed by atoms with E-state index in [2.05, 4.69) is 61.6 Å². The molecule has 2 aliphatic rings. The highest BCUT2D eigenvalue weighted by Gasteiger charge is 2.58. The molecule has 2 aromatic carbocycles. The summed E-state index contributed by atoms with van der Waals surface area (Å²) in [6.45, 7) is 6.16. The summed E-state index contributed by atoms with van der Waals surface area (Å²) < 4.78 is 0. The molecule has 2 aliphatic carbocycles. The second kappa shape index (κ2) is 4.50. The number of benzene rings is 2. The summed E-state index contributed by atoms with van der Waals surface area (Å²) in [5, 5.41) is 6.47. The van der Waals surface area contributed by atoms with Gasteiger partial charge in [-0.3, -0.25) is 0 Å². The standard InChI is InChI=1S/C20H25N/c1-19-12-10-16(11-13-19)20(19,2)14-21-18-9-5-7-15-6-3-4-8-17(15)18/h3-9,16,21H,10-14H2,1-2H3. The van der Waals surface area contributed by atoms with E-state index < -0.39 is 0 Å². The van der Waals surface area contributed by atoms with Crippen LogP contribution < -0.4 is 5.32 Å². The van der Waals surface area contributed by atoms with Gasteiger partial charge in [0, 0.05) is 17.6 Å². The largest absolute Gasteiger partial charge is 0.384 e. The summed E-state index contributed by atoms with van der Waals surface area (Å²) in [5.41, 5.74) is 2.31. The number of hydrogen-bond donors (Lipinski definition) is 1. The normalized spacial score (nSPS) is 34.5. The van der Waals surface area contributed by atoms with Crippen molar-refractivity contribution in [3.63, 3.8) is 0 Å². The highest BCUT2D eigenvalue weighted by molar-refractivity contribution is 5.93. The van der Waals surface area contributed by atoms with Gasteiger partial charge in [0.15, 0.2) is 0 Å². The molecule has 2 saturated carbocycles. The van der Waals surface area contributed by atoms with Crippen molar-refractivity contribution in [2.75, 3.05) is 11.9 Å². The van der Waals surface area contributed by atoms with Gasteiger partial charge in [-0.2, -0.15) is 0 Å². The Morgan fingerprint density at radius 1 is 1.00 bits per heavy atom. The predicted octanol–water partition coefficient (Wildman–Crippen LogP) is 5.47. The van der Waals surface area contributed by atoms with Crippen LogP contribution in [0.25, 0.3) is 10.8 Å². The average Bonchev–Trinajstić information content (AvgIpc) is 2.90. The molecule has 1 atom stereocenters. The third-order valence-corrected chi connectivity index (χ3v) is 6.80. The van der Waals surface area contributed by atoms with Gasteiger partial charge in [-0.1, -0.05) is 50.2 Å². The Bertz CT molecular complexity index is 661. The molecule has 0 aliphatic heterocycles. The van der Waals surface area contributed by atoms with Gasteiger partial charge < -0.3 is 5.32 Å². The van der Waals surface area contributed by atoms with Gasteiger partial charge in [0.1, 0.15) is 0 Å².